The van der Waals surface area contributed by atoms with E-state index in [-0.39, 0.29) is 0 Å². The molecule has 1 fully saturated rings. The lowest BCUT2D eigenvalue weighted by atomic mass is 9.77. The van der Waals surface area contributed by atoms with Gasteiger partial charge < -0.3 is 10.3 Å². The van der Waals surface area contributed by atoms with Gasteiger partial charge in [-0.15, -0.1) is 0 Å². The van der Waals surface area contributed by atoms with Gasteiger partial charge in [-0.05, 0) is 74.9 Å². The second-order valence-electron chi connectivity index (χ2n) is 8.21. The van der Waals surface area contributed by atoms with Gasteiger partial charge in [0.2, 0.25) is 0 Å². The summed E-state index contributed by atoms with van der Waals surface area (Å²) in [7, 11) is 0. The van der Waals surface area contributed by atoms with E-state index in [4.69, 9.17) is 15.7 Å². The van der Waals surface area contributed by atoms with Crippen LogP contribution in [0.4, 0.5) is 0 Å². The van der Waals surface area contributed by atoms with E-state index in [9.17, 15) is 0 Å². The molecule has 2 N–H and O–H groups in total. The third-order valence-electron chi connectivity index (χ3n) is 6.51. The van der Waals surface area contributed by atoms with E-state index >= 15 is 0 Å². The molecule has 1 aliphatic heterocycles. The summed E-state index contributed by atoms with van der Waals surface area (Å²) in [4.78, 5) is 12.5. The molecule has 2 aliphatic rings. The third-order valence-corrected chi connectivity index (χ3v) is 6.51. The smallest absolute Gasteiger partial charge is 0.124 e. The number of piperidine rings is 1. The van der Waals surface area contributed by atoms with Gasteiger partial charge in [0.15, 0.2) is 0 Å². The van der Waals surface area contributed by atoms with Crippen LogP contribution in [-0.4, -0.2) is 32.5 Å². The summed E-state index contributed by atoms with van der Waals surface area (Å²) >= 11 is 0. The molecule has 2 aromatic heterocycles. The molecule has 5 nitrogen and oxygen atoms in total. The lowest BCUT2D eigenvalue weighted by Crippen LogP contribution is -2.41. The number of fused-ring (bicyclic) bond motifs is 4. The van der Waals surface area contributed by atoms with Crippen molar-refractivity contribution in [1.82, 2.24) is 19.4 Å². The fraction of sp³-hybridized carbons (Fsp3) is 0.478. The minimum absolute atomic E-state index is 0.432. The number of benzene rings is 1. The number of rotatable bonds is 5. The van der Waals surface area contributed by atoms with E-state index in [0.29, 0.717) is 12.6 Å². The second kappa shape index (κ2) is 7.64. The zero-order valence-electron chi connectivity index (χ0n) is 16.4. The van der Waals surface area contributed by atoms with Crippen LogP contribution in [0, 0.1) is 5.92 Å². The Morgan fingerprint density at radius 2 is 2.04 bits per heavy atom. The van der Waals surface area contributed by atoms with E-state index in [2.05, 4.69) is 45.9 Å². The van der Waals surface area contributed by atoms with Crippen molar-refractivity contribution in [1.29, 1.82) is 0 Å². The summed E-state index contributed by atoms with van der Waals surface area (Å²) in [6, 6.07) is 13.3. The Morgan fingerprint density at radius 3 is 2.96 bits per heavy atom. The summed E-state index contributed by atoms with van der Waals surface area (Å²) in [6.45, 7) is 3.65. The van der Waals surface area contributed by atoms with Crippen LogP contribution in [0.3, 0.4) is 0 Å². The molecule has 0 saturated carbocycles. The standard InChI is InChI=1S/C23H29N5/c24-12-5-15-28-20-9-2-1-8-19(20)26-21(28)16-27-14-4-7-18-11-10-17-6-3-13-25-22(17)23(18)27/h1-3,6,8-9,13,18,23H,4-5,7,10-12,14-16,24H2/t18-,23-/m1/s1. The highest BCUT2D eigenvalue weighted by molar-refractivity contribution is 5.75. The van der Waals surface area contributed by atoms with Crippen LogP contribution in [0.25, 0.3) is 11.0 Å². The van der Waals surface area contributed by atoms with Crippen molar-refractivity contribution in [3.8, 4) is 0 Å². The normalized spacial score (nSPS) is 22.2. The fourth-order valence-corrected chi connectivity index (χ4v) is 5.22. The summed E-state index contributed by atoms with van der Waals surface area (Å²) in [5, 5.41) is 0. The van der Waals surface area contributed by atoms with Gasteiger partial charge in [-0.1, -0.05) is 18.2 Å². The molecular formula is C23H29N5. The molecule has 0 spiro atoms. The van der Waals surface area contributed by atoms with Crippen molar-refractivity contribution >= 4 is 11.0 Å². The highest BCUT2D eigenvalue weighted by Gasteiger charge is 2.38. The number of nitrogens with zero attached hydrogens (tertiary/aromatic N) is 4. The maximum Gasteiger partial charge on any atom is 0.124 e. The number of para-hydroxylation sites is 2. The maximum absolute atomic E-state index is 5.81. The second-order valence-corrected chi connectivity index (χ2v) is 8.21. The van der Waals surface area contributed by atoms with Gasteiger partial charge in [0.05, 0.1) is 29.3 Å². The van der Waals surface area contributed by atoms with Crippen LogP contribution >= 0.6 is 0 Å². The quantitative estimate of drug-likeness (QED) is 0.739. The van der Waals surface area contributed by atoms with Gasteiger partial charge in [0.25, 0.3) is 0 Å². The molecule has 2 atom stereocenters. The fourth-order valence-electron chi connectivity index (χ4n) is 5.22. The van der Waals surface area contributed by atoms with Crippen LogP contribution in [0.5, 0.6) is 0 Å². The van der Waals surface area contributed by atoms with Crippen LogP contribution in [0.15, 0.2) is 42.6 Å². The zero-order valence-corrected chi connectivity index (χ0v) is 16.4. The Morgan fingerprint density at radius 1 is 1.11 bits per heavy atom. The van der Waals surface area contributed by atoms with E-state index in [0.717, 1.165) is 37.5 Å². The van der Waals surface area contributed by atoms with Crippen molar-refractivity contribution in [3.05, 3.63) is 59.7 Å². The monoisotopic (exact) mass is 375 g/mol. The first-order valence-corrected chi connectivity index (χ1v) is 10.7. The van der Waals surface area contributed by atoms with Gasteiger partial charge in [-0.25, -0.2) is 4.98 Å². The Labute approximate surface area is 166 Å². The van der Waals surface area contributed by atoms with E-state index in [1.54, 1.807) is 0 Å². The SMILES string of the molecule is NCCCn1c(CN2CCC[C@@H]3CCc4cccnc4[C@@H]32)nc2ccccc21. The van der Waals surface area contributed by atoms with Crippen molar-refractivity contribution in [2.45, 2.75) is 51.2 Å². The predicted octanol–water partition coefficient (Wildman–Crippen LogP) is 3.68. The molecule has 3 aromatic rings. The number of aromatic nitrogens is 3. The Hall–Kier alpha value is -2.24. The van der Waals surface area contributed by atoms with Gasteiger partial charge >= 0.3 is 0 Å². The van der Waals surface area contributed by atoms with E-state index < -0.39 is 0 Å². The topological polar surface area (TPSA) is 60.0 Å². The maximum atomic E-state index is 5.81. The Kier molecular flexibility index (Phi) is 4.87. The number of likely N-dealkylation sites (tertiary alicyclic amines) is 1. The molecular weight excluding hydrogens is 346 g/mol. The third kappa shape index (κ3) is 3.12. The predicted molar refractivity (Wildman–Crippen MR) is 112 cm³/mol. The summed E-state index contributed by atoms with van der Waals surface area (Å²) in [6.07, 6.45) is 7.98. The number of nitrogens with two attached hydrogens (primary N) is 1. The van der Waals surface area contributed by atoms with E-state index in [1.165, 1.54) is 48.3 Å². The number of hydrogen-bond acceptors (Lipinski definition) is 4. The molecule has 0 bridgehead atoms. The van der Waals surface area contributed by atoms with Gasteiger partial charge in [-0.2, -0.15) is 0 Å². The first kappa shape index (κ1) is 17.8. The molecule has 28 heavy (non-hydrogen) atoms. The average molecular weight is 376 g/mol. The molecule has 1 aromatic carbocycles. The molecule has 5 heteroatoms. The minimum Gasteiger partial charge on any atom is -0.330 e. The Bertz CT molecular complexity index is 963. The lowest BCUT2D eigenvalue weighted by Gasteiger charge is -2.44. The largest absolute Gasteiger partial charge is 0.330 e. The zero-order chi connectivity index (χ0) is 18.9. The summed E-state index contributed by atoms with van der Waals surface area (Å²) in [5.41, 5.74) is 10.9. The van der Waals surface area contributed by atoms with Crippen LogP contribution in [0.2, 0.25) is 0 Å². The molecule has 1 aliphatic carbocycles. The minimum atomic E-state index is 0.432. The van der Waals surface area contributed by atoms with Crippen LogP contribution in [-0.2, 0) is 19.5 Å². The van der Waals surface area contributed by atoms with Crippen molar-refractivity contribution in [2.24, 2.45) is 11.7 Å². The average Bonchev–Trinajstić information content (AvgIpc) is 3.09. The van der Waals surface area contributed by atoms with Crippen LogP contribution < -0.4 is 5.73 Å². The number of hydrogen-bond donors (Lipinski definition) is 1. The highest BCUT2D eigenvalue weighted by Crippen LogP contribution is 2.43. The number of aryl methyl sites for hydroxylation is 2. The molecule has 1 saturated heterocycles. The molecule has 146 valence electrons. The van der Waals surface area contributed by atoms with E-state index in [1.807, 2.05) is 6.20 Å². The summed E-state index contributed by atoms with van der Waals surface area (Å²) < 4.78 is 2.38. The highest BCUT2D eigenvalue weighted by atomic mass is 15.2. The van der Waals surface area contributed by atoms with Crippen molar-refractivity contribution in [2.75, 3.05) is 13.1 Å². The molecule has 0 amide bonds. The Balaban J connectivity index is 1.50. The number of pyridine rings is 1. The van der Waals surface area contributed by atoms with Crippen LogP contribution in [0.1, 0.15) is 48.8 Å². The first-order valence-electron chi connectivity index (χ1n) is 10.7. The van der Waals surface area contributed by atoms with Crippen molar-refractivity contribution in [3.63, 3.8) is 0 Å². The first-order chi connectivity index (χ1) is 13.8. The molecule has 5 rings (SSSR count). The molecule has 0 radical (unpaired) electrons. The van der Waals surface area contributed by atoms with Gasteiger partial charge in [0.1, 0.15) is 5.82 Å². The summed E-state index contributed by atoms with van der Waals surface area (Å²) in [5.74, 6) is 1.89. The van der Waals surface area contributed by atoms with Gasteiger partial charge in [0, 0.05) is 12.7 Å². The lowest BCUT2D eigenvalue weighted by molar-refractivity contribution is 0.0664. The van der Waals surface area contributed by atoms with Crippen molar-refractivity contribution < 1.29 is 0 Å². The molecule has 3 heterocycles. The van der Waals surface area contributed by atoms with Gasteiger partial charge in [-0.3, -0.25) is 9.88 Å². The number of imidazole rings is 1. The molecule has 0 unspecified atom stereocenters.